The number of pyridine rings is 1. The lowest BCUT2D eigenvalue weighted by Crippen LogP contribution is -2.25. The third-order valence-corrected chi connectivity index (χ3v) is 5.51. The Morgan fingerprint density at radius 2 is 1.84 bits per heavy atom. The van der Waals surface area contributed by atoms with Crippen molar-refractivity contribution < 1.29 is 19.1 Å². The van der Waals surface area contributed by atoms with E-state index in [0.717, 1.165) is 11.3 Å². The van der Waals surface area contributed by atoms with E-state index in [-0.39, 0.29) is 24.4 Å². The third kappa shape index (κ3) is 5.55. The van der Waals surface area contributed by atoms with Crippen LogP contribution < -0.4 is 20.1 Å². The zero-order valence-corrected chi connectivity index (χ0v) is 17.5. The number of para-hydroxylation sites is 1. The van der Waals surface area contributed by atoms with E-state index in [1.165, 1.54) is 11.8 Å². The number of carbonyl (C=O) groups is 2. The van der Waals surface area contributed by atoms with Gasteiger partial charge in [-0.2, -0.15) is 0 Å². The van der Waals surface area contributed by atoms with Gasteiger partial charge in [-0.05, 0) is 42.0 Å². The molecule has 0 saturated carbocycles. The van der Waals surface area contributed by atoms with Gasteiger partial charge in [-0.3, -0.25) is 14.6 Å². The van der Waals surface area contributed by atoms with Gasteiger partial charge in [0.05, 0.1) is 22.7 Å². The fourth-order valence-corrected chi connectivity index (χ4v) is 3.78. The van der Waals surface area contributed by atoms with Crippen LogP contribution in [0.4, 0.5) is 5.69 Å². The van der Waals surface area contributed by atoms with Crippen molar-refractivity contribution in [3.05, 3.63) is 83.7 Å². The summed E-state index contributed by atoms with van der Waals surface area (Å²) < 4.78 is 10.7. The topological polar surface area (TPSA) is 89.6 Å². The van der Waals surface area contributed by atoms with Crippen molar-refractivity contribution >= 4 is 29.3 Å². The van der Waals surface area contributed by atoms with Crippen molar-refractivity contribution in [2.75, 3.05) is 17.9 Å². The van der Waals surface area contributed by atoms with Crippen molar-refractivity contribution in [1.82, 2.24) is 10.3 Å². The predicted molar refractivity (Wildman–Crippen MR) is 119 cm³/mol. The highest BCUT2D eigenvalue weighted by Gasteiger charge is 2.15. The molecule has 0 unspecified atom stereocenters. The molecule has 0 atom stereocenters. The molecular formula is C23H21N3O4S. The average Bonchev–Trinajstić information content (AvgIpc) is 3.26. The van der Waals surface area contributed by atoms with Gasteiger partial charge in [0.15, 0.2) is 11.5 Å². The maximum atomic E-state index is 12.7. The molecule has 0 bridgehead atoms. The van der Waals surface area contributed by atoms with Gasteiger partial charge in [0.25, 0.3) is 5.91 Å². The van der Waals surface area contributed by atoms with Crippen LogP contribution in [-0.2, 0) is 17.1 Å². The zero-order valence-electron chi connectivity index (χ0n) is 16.7. The normalized spacial score (nSPS) is 11.7. The Morgan fingerprint density at radius 3 is 2.71 bits per heavy atom. The first-order chi connectivity index (χ1) is 15.2. The van der Waals surface area contributed by atoms with Gasteiger partial charge in [-0.25, -0.2) is 0 Å². The van der Waals surface area contributed by atoms with Gasteiger partial charge >= 0.3 is 0 Å². The smallest absolute Gasteiger partial charge is 0.253 e. The monoisotopic (exact) mass is 435 g/mol. The molecule has 2 aromatic carbocycles. The Hall–Kier alpha value is -3.52. The standard InChI is InChI=1S/C23H21N3O4S/c27-22(14-31-13-17-5-3-4-10-24-17)26-19-7-2-1-6-18(19)23(28)25-12-16-8-9-20-21(11-16)30-15-29-20/h1-11H,12-15H2,(H,25,28)(H,26,27). The van der Waals surface area contributed by atoms with Gasteiger partial charge in [0.1, 0.15) is 0 Å². The second kappa shape index (κ2) is 9.99. The Kier molecular flexibility index (Phi) is 6.68. The number of fused-ring (bicyclic) bond motifs is 1. The lowest BCUT2D eigenvalue weighted by Gasteiger charge is -2.12. The van der Waals surface area contributed by atoms with E-state index in [4.69, 9.17) is 9.47 Å². The molecule has 1 aliphatic heterocycles. The molecule has 0 fully saturated rings. The summed E-state index contributed by atoms with van der Waals surface area (Å²) in [5.74, 6) is 1.84. The molecule has 1 aromatic heterocycles. The maximum Gasteiger partial charge on any atom is 0.253 e. The fourth-order valence-electron chi connectivity index (χ4n) is 3.04. The second-order valence-corrected chi connectivity index (χ2v) is 7.76. The molecule has 0 spiro atoms. The van der Waals surface area contributed by atoms with Crippen molar-refractivity contribution in [2.24, 2.45) is 0 Å². The summed E-state index contributed by atoms with van der Waals surface area (Å²) in [4.78, 5) is 29.3. The number of rotatable bonds is 8. The number of amides is 2. The summed E-state index contributed by atoms with van der Waals surface area (Å²) in [5.41, 5.74) is 2.70. The molecule has 0 radical (unpaired) electrons. The molecule has 3 aromatic rings. The molecule has 2 heterocycles. The molecular weight excluding hydrogens is 414 g/mol. The SMILES string of the molecule is O=C(CSCc1ccccn1)Nc1ccccc1C(=O)NCc1ccc2c(c1)OCO2. The molecule has 2 N–H and O–H groups in total. The summed E-state index contributed by atoms with van der Waals surface area (Å²) >= 11 is 1.47. The first-order valence-electron chi connectivity index (χ1n) is 9.72. The first-order valence-corrected chi connectivity index (χ1v) is 10.9. The second-order valence-electron chi connectivity index (χ2n) is 6.78. The summed E-state index contributed by atoms with van der Waals surface area (Å²) in [6.07, 6.45) is 1.73. The molecule has 31 heavy (non-hydrogen) atoms. The zero-order chi connectivity index (χ0) is 21.5. The molecule has 0 aliphatic carbocycles. The van der Waals surface area contributed by atoms with Crippen molar-refractivity contribution in [2.45, 2.75) is 12.3 Å². The Morgan fingerprint density at radius 1 is 1.00 bits per heavy atom. The Bertz CT molecular complexity index is 1080. The van der Waals surface area contributed by atoms with Gasteiger partial charge in [-0.15, -0.1) is 11.8 Å². The number of nitrogens with zero attached hydrogens (tertiary/aromatic N) is 1. The quantitative estimate of drug-likeness (QED) is 0.562. The van der Waals surface area contributed by atoms with E-state index < -0.39 is 0 Å². The highest BCUT2D eigenvalue weighted by atomic mass is 32.2. The number of ether oxygens (including phenoxy) is 2. The van der Waals surface area contributed by atoms with Crippen LogP contribution in [0.25, 0.3) is 0 Å². The molecule has 0 saturated heterocycles. The Labute approximate surface area is 184 Å². The van der Waals surface area contributed by atoms with Crippen LogP contribution >= 0.6 is 11.8 Å². The largest absolute Gasteiger partial charge is 0.454 e. The molecule has 2 amide bonds. The number of hydrogen-bond acceptors (Lipinski definition) is 6. The molecule has 7 nitrogen and oxygen atoms in total. The number of thioether (sulfide) groups is 1. The van der Waals surface area contributed by atoms with Gasteiger partial charge in [0, 0.05) is 18.5 Å². The van der Waals surface area contributed by atoms with Gasteiger partial charge < -0.3 is 20.1 Å². The highest BCUT2D eigenvalue weighted by Crippen LogP contribution is 2.32. The van der Waals surface area contributed by atoms with Crippen LogP contribution in [0.15, 0.2) is 66.9 Å². The van der Waals surface area contributed by atoms with Crippen molar-refractivity contribution in [1.29, 1.82) is 0 Å². The molecule has 158 valence electrons. The van der Waals surface area contributed by atoms with Gasteiger partial charge in [0.2, 0.25) is 12.7 Å². The van der Waals surface area contributed by atoms with Crippen LogP contribution in [0, 0.1) is 0 Å². The fraction of sp³-hybridized carbons (Fsp3) is 0.174. The van der Waals surface area contributed by atoms with Gasteiger partial charge in [-0.1, -0.05) is 24.3 Å². The van der Waals surface area contributed by atoms with E-state index in [9.17, 15) is 9.59 Å². The van der Waals surface area contributed by atoms with Crippen LogP contribution in [-0.4, -0.2) is 29.3 Å². The number of aromatic nitrogens is 1. The van der Waals surface area contributed by atoms with E-state index in [1.54, 1.807) is 30.5 Å². The van der Waals surface area contributed by atoms with Crippen LogP contribution in [0.1, 0.15) is 21.6 Å². The third-order valence-electron chi connectivity index (χ3n) is 4.55. The number of hydrogen-bond donors (Lipinski definition) is 2. The number of carbonyl (C=O) groups excluding carboxylic acids is 2. The van der Waals surface area contributed by atoms with Crippen molar-refractivity contribution in [3.8, 4) is 11.5 Å². The first kappa shape index (κ1) is 20.7. The average molecular weight is 436 g/mol. The van der Waals surface area contributed by atoms with E-state index in [2.05, 4.69) is 15.6 Å². The Balaban J connectivity index is 1.31. The minimum absolute atomic E-state index is 0.169. The lowest BCUT2D eigenvalue weighted by atomic mass is 10.1. The van der Waals surface area contributed by atoms with Crippen LogP contribution in [0.3, 0.4) is 0 Å². The maximum absolute atomic E-state index is 12.7. The minimum Gasteiger partial charge on any atom is -0.454 e. The summed E-state index contributed by atoms with van der Waals surface area (Å²) in [6, 6.07) is 18.2. The molecule has 1 aliphatic rings. The van der Waals surface area contributed by atoms with E-state index in [1.807, 2.05) is 36.4 Å². The highest BCUT2D eigenvalue weighted by molar-refractivity contribution is 7.99. The van der Waals surface area contributed by atoms with Crippen LogP contribution in [0.5, 0.6) is 11.5 Å². The number of anilines is 1. The predicted octanol–water partition coefficient (Wildman–Crippen LogP) is 3.61. The number of benzene rings is 2. The summed E-state index contributed by atoms with van der Waals surface area (Å²) in [6.45, 7) is 0.538. The molecule has 8 heteroatoms. The van der Waals surface area contributed by atoms with Crippen molar-refractivity contribution in [3.63, 3.8) is 0 Å². The lowest BCUT2D eigenvalue weighted by molar-refractivity contribution is -0.113. The minimum atomic E-state index is -0.269. The number of nitrogens with one attached hydrogen (secondary N) is 2. The van der Waals surface area contributed by atoms with E-state index in [0.29, 0.717) is 35.0 Å². The van der Waals surface area contributed by atoms with Crippen LogP contribution in [0.2, 0.25) is 0 Å². The molecule has 4 rings (SSSR count). The van der Waals surface area contributed by atoms with E-state index >= 15 is 0 Å². The summed E-state index contributed by atoms with van der Waals surface area (Å²) in [7, 11) is 0. The summed E-state index contributed by atoms with van der Waals surface area (Å²) in [5, 5.41) is 5.72.